The van der Waals surface area contributed by atoms with Crippen LogP contribution in [0, 0.1) is 0 Å². The highest BCUT2D eigenvalue weighted by molar-refractivity contribution is 6.17. The van der Waals surface area contributed by atoms with Gasteiger partial charge in [-0.15, -0.1) is 11.6 Å². The van der Waals surface area contributed by atoms with Crippen LogP contribution in [0.4, 0.5) is 0 Å². The van der Waals surface area contributed by atoms with Crippen LogP contribution >= 0.6 is 11.6 Å². The molecule has 1 unspecified atom stereocenters. The Morgan fingerprint density at radius 2 is 2.50 bits per heavy atom. The zero-order chi connectivity index (χ0) is 6.41. The highest BCUT2D eigenvalue weighted by Crippen LogP contribution is 1.90. The Balaban J connectivity index is 3.03. The normalized spacial score (nSPS) is 12.8. The topological polar surface area (TPSA) is 29.1 Å². The van der Waals surface area contributed by atoms with Crippen molar-refractivity contribution in [3.8, 4) is 0 Å². The Kier molecular flexibility index (Phi) is 4.76. The van der Waals surface area contributed by atoms with Crippen molar-refractivity contribution in [3.63, 3.8) is 0 Å². The smallest absolute Gasteiger partial charge is 0.207 e. The number of nitrogens with one attached hydrogen (secondary N) is 1. The summed E-state index contributed by atoms with van der Waals surface area (Å²) in [5.74, 6) is 0.599. The number of amides is 1. The monoisotopic (exact) mass is 135 g/mol. The minimum absolute atomic E-state index is 0.213. The van der Waals surface area contributed by atoms with Crippen molar-refractivity contribution >= 4 is 18.0 Å². The Morgan fingerprint density at radius 1 is 1.88 bits per heavy atom. The summed E-state index contributed by atoms with van der Waals surface area (Å²) in [6, 6.07) is 0.213. The lowest BCUT2D eigenvalue weighted by molar-refractivity contribution is -0.110. The van der Waals surface area contributed by atoms with Crippen molar-refractivity contribution in [3.05, 3.63) is 0 Å². The Hall–Kier alpha value is -0.240. The van der Waals surface area contributed by atoms with Gasteiger partial charge in [0.25, 0.3) is 0 Å². The largest absolute Gasteiger partial charge is 0.356 e. The predicted molar refractivity (Wildman–Crippen MR) is 34.0 cm³/mol. The zero-order valence-electron chi connectivity index (χ0n) is 4.86. The van der Waals surface area contributed by atoms with E-state index in [1.54, 1.807) is 0 Å². The maximum Gasteiger partial charge on any atom is 0.207 e. The van der Waals surface area contributed by atoms with Crippen molar-refractivity contribution in [2.24, 2.45) is 0 Å². The molecule has 0 aromatic carbocycles. The first kappa shape index (κ1) is 7.76. The summed E-state index contributed by atoms with van der Waals surface area (Å²) >= 11 is 5.38. The summed E-state index contributed by atoms with van der Waals surface area (Å²) in [6.45, 7) is 1.91. The second-order valence-corrected chi connectivity index (χ2v) is 2.04. The molecule has 0 fully saturated rings. The van der Waals surface area contributed by atoms with Gasteiger partial charge >= 0.3 is 0 Å². The van der Waals surface area contributed by atoms with E-state index in [4.69, 9.17) is 11.6 Å². The molecule has 1 N–H and O–H groups in total. The van der Waals surface area contributed by atoms with Gasteiger partial charge in [0.15, 0.2) is 0 Å². The van der Waals surface area contributed by atoms with Gasteiger partial charge in [-0.05, 0) is 13.3 Å². The number of hydrogen-bond donors (Lipinski definition) is 1. The van der Waals surface area contributed by atoms with E-state index in [2.05, 4.69) is 5.32 Å². The molecule has 0 bridgehead atoms. The van der Waals surface area contributed by atoms with E-state index in [1.165, 1.54) is 0 Å². The molecular weight excluding hydrogens is 126 g/mol. The molecular formula is C5H10ClNO. The van der Waals surface area contributed by atoms with Crippen molar-refractivity contribution in [1.82, 2.24) is 5.32 Å². The molecule has 0 spiro atoms. The lowest BCUT2D eigenvalue weighted by Gasteiger charge is -2.04. The van der Waals surface area contributed by atoms with Crippen molar-refractivity contribution in [2.75, 3.05) is 5.88 Å². The lowest BCUT2D eigenvalue weighted by atomic mass is 10.3. The number of rotatable bonds is 4. The van der Waals surface area contributed by atoms with Gasteiger partial charge in [-0.25, -0.2) is 0 Å². The molecule has 8 heavy (non-hydrogen) atoms. The van der Waals surface area contributed by atoms with E-state index in [9.17, 15) is 4.79 Å². The average Bonchev–Trinajstić information content (AvgIpc) is 1.68. The molecule has 0 aromatic heterocycles. The maximum absolute atomic E-state index is 9.74. The molecule has 48 valence electrons. The highest BCUT2D eigenvalue weighted by atomic mass is 35.5. The van der Waals surface area contributed by atoms with Crippen LogP contribution in [0.3, 0.4) is 0 Å². The van der Waals surface area contributed by atoms with Gasteiger partial charge in [0, 0.05) is 11.9 Å². The summed E-state index contributed by atoms with van der Waals surface area (Å²) < 4.78 is 0. The summed E-state index contributed by atoms with van der Waals surface area (Å²) in [6.07, 6.45) is 1.53. The number of halogens is 1. The first-order chi connectivity index (χ1) is 3.81. The third-order valence-electron chi connectivity index (χ3n) is 0.895. The zero-order valence-corrected chi connectivity index (χ0v) is 5.61. The Bertz CT molecular complexity index is 67.4. The Labute approximate surface area is 54.2 Å². The number of carbonyl (C=O) groups excluding carboxylic acids is 1. The SMILES string of the molecule is CC(CCCl)NC=O. The van der Waals surface area contributed by atoms with E-state index >= 15 is 0 Å². The molecule has 2 nitrogen and oxygen atoms in total. The maximum atomic E-state index is 9.74. The first-order valence-corrected chi connectivity index (χ1v) is 3.10. The van der Waals surface area contributed by atoms with Crippen LogP contribution < -0.4 is 5.32 Å². The van der Waals surface area contributed by atoms with E-state index in [0.29, 0.717) is 12.3 Å². The van der Waals surface area contributed by atoms with Crippen LogP contribution in [0.5, 0.6) is 0 Å². The number of alkyl halides is 1. The van der Waals surface area contributed by atoms with Crippen LogP contribution in [-0.4, -0.2) is 18.3 Å². The molecule has 1 atom stereocenters. The van der Waals surface area contributed by atoms with Crippen molar-refractivity contribution in [2.45, 2.75) is 19.4 Å². The summed E-state index contributed by atoms with van der Waals surface area (Å²) in [7, 11) is 0. The minimum Gasteiger partial charge on any atom is -0.356 e. The molecule has 0 aliphatic heterocycles. The summed E-state index contributed by atoms with van der Waals surface area (Å²) in [5, 5.41) is 2.58. The molecule has 0 aromatic rings. The van der Waals surface area contributed by atoms with Crippen molar-refractivity contribution in [1.29, 1.82) is 0 Å². The Morgan fingerprint density at radius 3 is 2.88 bits per heavy atom. The predicted octanol–water partition coefficient (Wildman–Crippen LogP) is 0.750. The fourth-order valence-electron chi connectivity index (χ4n) is 0.363. The van der Waals surface area contributed by atoms with Crippen LogP contribution in [-0.2, 0) is 4.79 Å². The molecule has 1 amide bonds. The lowest BCUT2D eigenvalue weighted by Crippen LogP contribution is -2.24. The third-order valence-corrected chi connectivity index (χ3v) is 1.11. The summed E-state index contributed by atoms with van der Waals surface area (Å²) in [5.41, 5.74) is 0. The highest BCUT2D eigenvalue weighted by Gasteiger charge is 1.94. The molecule has 0 aliphatic rings. The third kappa shape index (κ3) is 3.93. The van der Waals surface area contributed by atoms with Gasteiger partial charge in [0.05, 0.1) is 0 Å². The number of carbonyl (C=O) groups is 1. The van der Waals surface area contributed by atoms with Crippen LogP contribution in [0.15, 0.2) is 0 Å². The standard InChI is InChI=1S/C5H10ClNO/c1-5(2-3-6)7-4-8/h4-5H,2-3H2,1H3,(H,7,8). The van der Waals surface area contributed by atoms with E-state index in [0.717, 1.165) is 6.42 Å². The minimum atomic E-state index is 0.213. The summed E-state index contributed by atoms with van der Waals surface area (Å²) in [4.78, 5) is 9.74. The van der Waals surface area contributed by atoms with Gasteiger partial charge in [0.1, 0.15) is 0 Å². The average molecular weight is 136 g/mol. The van der Waals surface area contributed by atoms with Gasteiger partial charge in [0.2, 0.25) is 6.41 Å². The fourth-order valence-corrected chi connectivity index (χ4v) is 0.690. The number of hydrogen-bond acceptors (Lipinski definition) is 1. The molecule has 0 radical (unpaired) electrons. The molecule has 0 rings (SSSR count). The van der Waals surface area contributed by atoms with Gasteiger partial charge in [-0.1, -0.05) is 0 Å². The first-order valence-electron chi connectivity index (χ1n) is 2.57. The van der Waals surface area contributed by atoms with E-state index in [-0.39, 0.29) is 6.04 Å². The van der Waals surface area contributed by atoms with E-state index < -0.39 is 0 Å². The van der Waals surface area contributed by atoms with Gasteiger partial charge in [-0.2, -0.15) is 0 Å². The van der Waals surface area contributed by atoms with Crippen LogP contribution in [0.2, 0.25) is 0 Å². The molecule has 3 heteroatoms. The second-order valence-electron chi connectivity index (χ2n) is 1.66. The molecule has 0 aliphatic carbocycles. The van der Waals surface area contributed by atoms with E-state index in [1.807, 2.05) is 6.92 Å². The van der Waals surface area contributed by atoms with Gasteiger partial charge < -0.3 is 5.32 Å². The molecule has 0 saturated carbocycles. The van der Waals surface area contributed by atoms with Crippen LogP contribution in [0.1, 0.15) is 13.3 Å². The van der Waals surface area contributed by atoms with Gasteiger partial charge in [-0.3, -0.25) is 4.79 Å². The molecule has 0 saturated heterocycles. The second kappa shape index (κ2) is 4.91. The van der Waals surface area contributed by atoms with Crippen molar-refractivity contribution < 1.29 is 4.79 Å². The van der Waals surface area contributed by atoms with Crippen LogP contribution in [0.25, 0.3) is 0 Å². The fraction of sp³-hybridized carbons (Fsp3) is 0.800. The molecule has 0 heterocycles. The quantitative estimate of drug-likeness (QED) is 0.447.